The number of nitriles is 1. The lowest BCUT2D eigenvalue weighted by Crippen LogP contribution is -2.39. The molecule has 5 nitrogen and oxygen atoms in total. The summed E-state index contributed by atoms with van der Waals surface area (Å²) in [5, 5.41) is 11.9. The number of aryl methyl sites for hydroxylation is 1. The zero-order chi connectivity index (χ0) is 13.6. The molecular weight excluding hydrogens is 228 g/mol. The fourth-order valence-electron chi connectivity index (χ4n) is 1.72. The first kappa shape index (κ1) is 14.1. The molecule has 0 bridgehead atoms. The molecule has 1 aromatic heterocycles. The summed E-state index contributed by atoms with van der Waals surface area (Å²) in [5.41, 5.74) is -0.183. The fourth-order valence-corrected chi connectivity index (χ4v) is 1.72. The summed E-state index contributed by atoms with van der Waals surface area (Å²) in [7, 11) is 0. The standard InChI is InChI=1S/C13H18N4O/c1-4-13(5-2,9-14)12(18)16-8-11-6-7-15-10(3)17-11/h6-7H,4-5,8H2,1-3H3,(H,16,18). The first-order valence-corrected chi connectivity index (χ1v) is 6.06. The van der Waals surface area contributed by atoms with Gasteiger partial charge in [-0.05, 0) is 25.8 Å². The molecule has 0 radical (unpaired) electrons. The molecule has 0 aliphatic heterocycles. The first-order valence-electron chi connectivity index (χ1n) is 6.06. The lowest BCUT2D eigenvalue weighted by Gasteiger charge is -2.21. The van der Waals surface area contributed by atoms with Crippen LogP contribution in [0.2, 0.25) is 0 Å². The van der Waals surface area contributed by atoms with E-state index in [1.54, 1.807) is 19.2 Å². The molecule has 18 heavy (non-hydrogen) atoms. The summed E-state index contributed by atoms with van der Waals surface area (Å²) in [6, 6.07) is 3.87. The van der Waals surface area contributed by atoms with Gasteiger partial charge in [-0.15, -0.1) is 0 Å². The van der Waals surface area contributed by atoms with Crippen LogP contribution in [0.3, 0.4) is 0 Å². The number of hydrogen-bond acceptors (Lipinski definition) is 4. The molecule has 0 fully saturated rings. The first-order chi connectivity index (χ1) is 8.57. The van der Waals surface area contributed by atoms with Gasteiger partial charge in [-0.2, -0.15) is 5.26 Å². The van der Waals surface area contributed by atoms with Crippen LogP contribution >= 0.6 is 0 Å². The third-order valence-corrected chi connectivity index (χ3v) is 3.12. The maximum atomic E-state index is 12.0. The highest BCUT2D eigenvalue weighted by molar-refractivity contribution is 5.85. The van der Waals surface area contributed by atoms with Crippen molar-refractivity contribution in [3.05, 3.63) is 23.8 Å². The van der Waals surface area contributed by atoms with E-state index >= 15 is 0 Å². The van der Waals surface area contributed by atoms with E-state index in [4.69, 9.17) is 5.26 Å². The van der Waals surface area contributed by atoms with Gasteiger partial charge in [-0.1, -0.05) is 13.8 Å². The molecule has 1 rings (SSSR count). The van der Waals surface area contributed by atoms with Crippen LogP contribution in [-0.2, 0) is 11.3 Å². The Morgan fingerprint density at radius 3 is 2.67 bits per heavy atom. The molecule has 0 saturated carbocycles. The third kappa shape index (κ3) is 3.04. The van der Waals surface area contributed by atoms with Gasteiger partial charge in [0, 0.05) is 6.20 Å². The Labute approximate surface area is 107 Å². The SMILES string of the molecule is CCC(C#N)(CC)C(=O)NCc1ccnc(C)n1. The maximum Gasteiger partial charge on any atom is 0.240 e. The van der Waals surface area contributed by atoms with Crippen LogP contribution < -0.4 is 5.32 Å². The van der Waals surface area contributed by atoms with E-state index in [1.807, 2.05) is 13.8 Å². The molecule has 0 aliphatic rings. The van der Waals surface area contributed by atoms with Gasteiger partial charge >= 0.3 is 0 Å². The molecule has 0 spiro atoms. The van der Waals surface area contributed by atoms with Crippen molar-refractivity contribution in [1.29, 1.82) is 5.26 Å². The van der Waals surface area contributed by atoms with Crippen molar-refractivity contribution < 1.29 is 4.79 Å². The predicted molar refractivity (Wildman–Crippen MR) is 67.2 cm³/mol. The molecule has 96 valence electrons. The van der Waals surface area contributed by atoms with E-state index in [9.17, 15) is 4.79 Å². The second-order valence-electron chi connectivity index (χ2n) is 4.18. The molecule has 1 aromatic rings. The molecule has 0 saturated heterocycles. The Hall–Kier alpha value is -1.96. The minimum Gasteiger partial charge on any atom is -0.349 e. The summed E-state index contributed by atoms with van der Waals surface area (Å²) >= 11 is 0. The van der Waals surface area contributed by atoms with Crippen molar-refractivity contribution in [2.75, 3.05) is 0 Å². The van der Waals surface area contributed by atoms with E-state index in [1.165, 1.54) is 0 Å². The molecule has 0 aliphatic carbocycles. The van der Waals surface area contributed by atoms with Crippen molar-refractivity contribution in [2.24, 2.45) is 5.41 Å². The third-order valence-electron chi connectivity index (χ3n) is 3.12. The fraction of sp³-hybridized carbons (Fsp3) is 0.538. The molecule has 5 heteroatoms. The highest BCUT2D eigenvalue weighted by Crippen LogP contribution is 2.25. The van der Waals surface area contributed by atoms with Crippen LogP contribution in [0.5, 0.6) is 0 Å². The molecule has 1 N–H and O–H groups in total. The zero-order valence-electron chi connectivity index (χ0n) is 11.0. The Balaban J connectivity index is 2.69. The van der Waals surface area contributed by atoms with Crippen molar-refractivity contribution >= 4 is 5.91 Å². The molecule has 0 aromatic carbocycles. The summed E-state index contributed by atoms with van der Waals surface area (Å²) in [6.45, 7) is 5.82. The minimum absolute atomic E-state index is 0.230. The zero-order valence-corrected chi connectivity index (χ0v) is 11.0. The van der Waals surface area contributed by atoms with Gasteiger partial charge in [0.25, 0.3) is 0 Å². The normalized spacial score (nSPS) is 10.8. The number of amides is 1. The quantitative estimate of drug-likeness (QED) is 0.858. The summed E-state index contributed by atoms with van der Waals surface area (Å²) in [6.07, 6.45) is 2.67. The maximum absolute atomic E-state index is 12.0. The van der Waals surface area contributed by atoms with Gasteiger partial charge in [-0.25, -0.2) is 9.97 Å². The van der Waals surface area contributed by atoms with Gasteiger partial charge < -0.3 is 5.32 Å². The number of nitrogens with one attached hydrogen (secondary N) is 1. The number of nitrogens with zero attached hydrogens (tertiary/aromatic N) is 3. The summed E-state index contributed by atoms with van der Waals surface area (Å²) < 4.78 is 0. The predicted octanol–water partition coefficient (Wildman–Crippen LogP) is 1.73. The van der Waals surface area contributed by atoms with Crippen molar-refractivity contribution in [3.8, 4) is 6.07 Å². The molecule has 1 amide bonds. The van der Waals surface area contributed by atoms with E-state index < -0.39 is 5.41 Å². The van der Waals surface area contributed by atoms with E-state index in [2.05, 4.69) is 21.4 Å². The topological polar surface area (TPSA) is 78.7 Å². The second-order valence-corrected chi connectivity index (χ2v) is 4.18. The number of hydrogen-bond donors (Lipinski definition) is 1. The molecular formula is C13H18N4O. The lowest BCUT2D eigenvalue weighted by atomic mass is 9.83. The Morgan fingerprint density at radius 1 is 1.50 bits per heavy atom. The number of rotatable bonds is 5. The van der Waals surface area contributed by atoms with Crippen LogP contribution in [0.1, 0.15) is 38.2 Å². The molecule has 0 unspecified atom stereocenters. The summed E-state index contributed by atoms with van der Waals surface area (Å²) in [5.74, 6) is 0.436. The minimum atomic E-state index is -0.928. The second kappa shape index (κ2) is 6.10. The average Bonchev–Trinajstić information content (AvgIpc) is 2.39. The van der Waals surface area contributed by atoms with E-state index in [0.29, 0.717) is 25.2 Å². The van der Waals surface area contributed by atoms with Crippen LogP contribution in [0, 0.1) is 23.7 Å². The summed E-state index contributed by atoms with van der Waals surface area (Å²) in [4.78, 5) is 20.2. The van der Waals surface area contributed by atoms with Gasteiger partial charge in [0.1, 0.15) is 11.2 Å². The van der Waals surface area contributed by atoms with E-state index in [0.717, 1.165) is 5.69 Å². The highest BCUT2D eigenvalue weighted by atomic mass is 16.2. The van der Waals surface area contributed by atoms with Crippen LogP contribution in [0.15, 0.2) is 12.3 Å². The van der Waals surface area contributed by atoms with Crippen molar-refractivity contribution in [2.45, 2.75) is 40.2 Å². The number of carbonyl (C=O) groups excluding carboxylic acids is 1. The van der Waals surface area contributed by atoms with Gasteiger partial charge in [0.15, 0.2) is 0 Å². The average molecular weight is 246 g/mol. The monoisotopic (exact) mass is 246 g/mol. The lowest BCUT2D eigenvalue weighted by molar-refractivity contribution is -0.128. The smallest absolute Gasteiger partial charge is 0.240 e. The Kier molecular flexibility index (Phi) is 4.78. The Bertz CT molecular complexity index is 460. The van der Waals surface area contributed by atoms with Crippen molar-refractivity contribution in [1.82, 2.24) is 15.3 Å². The van der Waals surface area contributed by atoms with Crippen LogP contribution in [0.25, 0.3) is 0 Å². The largest absolute Gasteiger partial charge is 0.349 e. The van der Waals surface area contributed by atoms with Gasteiger partial charge in [-0.3, -0.25) is 4.79 Å². The number of aromatic nitrogens is 2. The Morgan fingerprint density at radius 2 is 2.17 bits per heavy atom. The van der Waals surface area contributed by atoms with Crippen LogP contribution in [0.4, 0.5) is 0 Å². The van der Waals surface area contributed by atoms with Crippen molar-refractivity contribution in [3.63, 3.8) is 0 Å². The van der Waals surface area contributed by atoms with Gasteiger partial charge in [0.05, 0.1) is 18.3 Å². The number of carbonyl (C=O) groups is 1. The highest BCUT2D eigenvalue weighted by Gasteiger charge is 2.34. The van der Waals surface area contributed by atoms with E-state index in [-0.39, 0.29) is 5.91 Å². The molecule has 0 atom stereocenters. The van der Waals surface area contributed by atoms with Crippen LogP contribution in [-0.4, -0.2) is 15.9 Å². The molecule has 1 heterocycles. The van der Waals surface area contributed by atoms with Gasteiger partial charge in [0.2, 0.25) is 5.91 Å².